The highest BCUT2D eigenvalue weighted by atomic mass is 35.5. The van der Waals surface area contributed by atoms with Crippen molar-refractivity contribution in [2.24, 2.45) is 0 Å². The number of ketones is 1. The largest absolute Gasteiger partial charge is 0.299 e. The van der Waals surface area contributed by atoms with Crippen LogP contribution in [0.4, 0.5) is 0 Å². The van der Waals surface area contributed by atoms with Gasteiger partial charge in [-0.25, -0.2) is 4.98 Å². The van der Waals surface area contributed by atoms with E-state index in [1.807, 2.05) is 13.0 Å². The Hall–Kier alpha value is -2.55. The van der Waals surface area contributed by atoms with Crippen molar-refractivity contribution < 1.29 is 13.2 Å². The number of aryl methyl sites for hydroxylation is 1. The minimum Gasteiger partial charge on any atom is -0.299 e. The lowest BCUT2D eigenvalue weighted by molar-refractivity contribution is -0.117. The van der Waals surface area contributed by atoms with Crippen molar-refractivity contribution in [3.05, 3.63) is 75.3 Å². The van der Waals surface area contributed by atoms with Gasteiger partial charge < -0.3 is 0 Å². The van der Waals surface area contributed by atoms with Crippen molar-refractivity contribution in [2.45, 2.75) is 24.7 Å². The molecule has 2 aromatic heterocycles. The summed E-state index contributed by atoms with van der Waals surface area (Å²) in [6.45, 7) is 1.90. The van der Waals surface area contributed by atoms with Crippen molar-refractivity contribution in [2.75, 3.05) is 0 Å². The van der Waals surface area contributed by atoms with Gasteiger partial charge in [-0.1, -0.05) is 29.8 Å². The summed E-state index contributed by atoms with van der Waals surface area (Å²) in [5.74, 6) is 0.0387. The van der Waals surface area contributed by atoms with E-state index in [0.29, 0.717) is 22.3 Å². The molecule has 4 rings (SSSR count). The topological polar surface area (TPSA) is 81.9 Å². The molecule has 0 aliphatic heterocycles. The Kier molecular flexibility index (Phi) is 5.24. The van der Waals surface area contributed by atoms with E-state index >= 15 is 0 Å². The van der Waals surface area contributed by atoms with E-state index in [1.165, 1.54) is 29.7 Å². The molecule has 0 saturated carbocycles. The maximum atomic E-state index is 13.0. The van der Waals surface area contributed by atoms with E-state index in [0.717, 1.165) is 19.5 Å². The number of aromatic nitrogens is 3. The van der Waals surface area contributed by atoms with Crippen LogP contribution in [0.5, 0.6) is 0 Å². The predicted octanol–water partition coefficient (Wildman–Crippen LogP) is 4.05. The number of carbonyl (C=O) groups is 1. The van der Waals surface area contributed by atoms with Gasteiger partial charge in [0, 0.05) is 34.3 Å². The minimum absolute atomic E-state index is 0.0387. The SMILES string of the molecule is Cc1ncc(CC(=O)Cc2ccc3cnn(S(=O)(=O)c4cccc(Cl)c4)c3c2)s1. The zero-order valence-electron chi connectivity index (χ0n) is 15.4. The number of fused-ring (bicyclic) bond motifs is 1. The molecule has 0 N–H and O–H groups in total. The first-order chi connectivity index (χ1) is 13.8. The molecular formula is C20H16ClN3O3S2. The summed E-state index contributed by atoms with van der Waals surface area (Å²) in [7, 11) is -3.91. The molecule has 29 heavy (non-hydrogen) atoms. The molecule has 0 fully saturated rings. The van der Waals surface area contributed by atoms with Crippen LogP contribution in [0.1, 0.15) is 15.4 Å². The number of thiazole rings is 1. The van der Waals surface area contributed by atoms with E-state index in [1.54, 1.807) is 30.5 Å². The summed E-state index contributed by atoms with van der Waals surface area (Å²) in [5, 5.41) is 5.98. The van der Waals surface area contributed by atoms with Crippen LogP contribution in [0.3, 0.4) is 0 Å². The van der Waals surface area contributed by atoms with Gasteiger partial charge in [0.15, 0.2) is 0 Å². The van der Waals surface area contributed by atoms with Gasteiger partial charge >= 0.3 is 0 Å². The molecule has 0 saturated heterocycles. The Morgan fingerprint density at radius 2 is 1.97 bits per heavy atom. The Balaban J connectivity index is 1.65. The van der Waals surface area contributed by atoms with Gasteiger partial charge in [-0.2, -0.15) is 17.6 Å². The Morgan fingerprint density at radius 1 is 1.14 bits per heavy atom. The average Bonchev–Trinajstić information content (AvgIpc) is 3.27. The molecule has 0 aliphatic carbocycles. The fraction of sp³-hybridized carbons (Fsp3) is 0.150. The van der Waals surface area contributed by atoms with Crippen LogP contribution in [-0.2, 0) is 27.7 Å². The van der Waals surface area contributed by atoms with Crippen LogP contribution in [0.25, 0.3) is 10.9 Å². The van der Waals surface area contributed by atoms with Gasteiger partial charge in [0.1, 0.15) is 5.78 Å². The maximum absolute atomic E-state index is 13.0. The molecule has 0 atom stereocenters. The quantitative estimate of drug-likeness (QED) is 0.447. The van der Waals surface area contributed by atoms with Crippen LogP contribution in [0.2, 0.25) is 5.02 Å². The van der Waals surface area contributed by atoms with Gasteiger partial charge in [0.25, 0.3) is 10.0 Å². The Bertz CT molecular complexity index is 1330. The van der Waals surface area contributed by atoms with Gasteiger partial charge in [-0.05, 0) is 36.8 Å². The fourth-order valence-corrected chi connectivity index (χ4v) is 5.43. The van der Waals surface area contributed by atoms with Crippen LogP contribution in [0.15, 0.2) is 59.8 Å². The number of benzene rings is 2. The molecule has 0 amide bonds. The van der Waals surface area contributed by atoms with Crippen molar-refractivity contribution in [1.29, 1.82) is 0 Å². The van der Waals surface area contributed by atoms with E-state index in [9.17, 15) is 13.2 Å². The lowest BCUT2D eigenvalue weighted by Gasteiger charge is -2.07. The number of nitrogens with zero attached hydrogens (tertiary/aromatic N) is 3. The number of carbonyl (C=O) groups excluding carboxylic acids is 1. The highest BCUT2D eigenvalue weighted by Crippen LogP contribution is 2.24. The third-order valence-corrected chi connectivity index (χ3v) is 7.11. The third-order valence-electron chi connectivity index (χ3n) is 4.37. The van der Waals surface area contributed by atoms with Crippen molar-refractivity contribution >= 4 is 49.6 Å². The Morgan fingerprint density at radius 3 is 2.69 bits per heavy atom. The lowest BCUT2D eigenvalue weighted by Crippen LogP contribution is -2.14. The molecule has 0 spiro atoms. The summed E-state index contributed by atoms with van der Waals surface area (Å²) in [6, 6.07) is 11.3. The average molecular weight is 446 g/mol. The molecule has 148 valence electrons. The first kappa shape index (κ1) is 19.8. The summed E-state index contributed by atoms with van der Waals surface area (Å²) in [6.07, 6.45) is 3.72. The van der Waals surface area contributed by atoms with Crippen molar-refractivity contribution in [1.82, 2.24) is 14.2 Å². The van der Waals surface area contributed by atoms with Crippen LogP contribution >= 0.6 is 22.9 Å². The summed E-state index contributed by atoms with van der Waals surface area (Å²) >= 11 is 7.44. The first-order valence-corrected chi connectivity index (χ1v) is 11.4. The second-order valence-corrected chi connectivity index (χ2v) is 10.1. The second kappa shape index (κ2) is 7.70. The normalized spacial score (nSPS) is 11.8. The summed E-state index contributed by atoms with van der Waals surface area (Å²) in [5.41, 5.74) is 1.15. The number of Topliss-reactive ketones (excluding diaryl/α,β-unsaturated/α-hetero) is 1. The van der Waals surface area contributed by atoms with E-state index in [4.69, 9.17) is 11.6 Å². The molecular weight excluding hydrogens is 430 g/mol. The first-order valence-electron chi connectivity index (χ1n) is 8.74. The monoisotopic (exact) mass is 445 g/mol. The molecule has 0 bridgehead atoms. The van der Waals surface area contributed by atoms with Crippen LogP contribution in [0, 0.1) is 6.92 Å². The molecule has 6 nitrogen and oxygen atoms in total. The van der Waals surface area contributed by atoms with Gasteiger partial charge in [0.05, 0.1) is 21.6 Å². The molecule has 0 radical (unpaired) electrons. The smallest absolute Gasteiger partial charge is 0.283 e. The molecule has 0 aliphatic rings. The van der Waals surface area contributed by atoms with Crippen LogP contribution in [-0.4, -0.2) is 28.4 Å². The zero-order valence-corrected chi connectivity index (χ0v) is 17.8. The highest BCUT2D eigenvalue weighted by molar-refractivity contribution is 7.90. The third kappa shape index (κ3) is 4.10. The number of hydrogen-bond donors (Lipinski definition) is 0. The summed E-state index contributed by atoms with van der Waals surface area (Å²) < 4.78 is 27.0. The zero-order chi connectivity index (χ0) is 20.6. The van der Waals surface area contributed by atoms with E-state index in [-0.39, 0.29) is 17.1 Å². The molecule has 4 aromatic rings. The molecule has 0 unspecified atom stereocenters. The summed E-state index contributed by atoms with van der Waals surface area (Å²) in [4.78, 5) is 17.6. The maximum Gasteiger partial charge on any atom is 0.283 e. The number of hydrogen-bond acceptors (Lipinski definition) is 6. The molecule has 2 heterocycles. The van der Waals surface area contributed by atoms with Gasteiger partial charge in [-0.15, -0.1) is 11.3 Å². The molecule has 9 heteroatoms. The lowest BCUT2D eigenvalue weighted by atomic mass is 10.1. The van der Waals surface area contributed by atoms with Crippen molar-refractivity contribution in [3.8, 4) is 0 Å². The Labute approximate surface area is 176 Å². The fourth-order valence-electron chi connectivity index (χ4n) is 3.04. The second-order valence-electron chi connectivity index (χ2n) is 6.58. The van der Waals surface area contributed by atoms with Gasteiger partial charge in [-0.3, -0.25) is 4.79 Å². The molecule has 2 aromatic carbocycles. The number of halogens is 1. The van der Waals surface area contributed by atoms with E-state index in [2.05, 4.69) is 10.1 Å². The van der Waals surface area contributed by atoms with E-state index < -0.39 is 10.0 Å². The minimum atomic E-state index is -3.91. The predicted molar refractivity (Wildman–Crippen MR) is 113 cm³/mol. The standard InChI is InChI=1S/C20H16ClN3O3S2/c1-13-22-12-18(28-13)10-17(25)7-14-5-6-15-11-23-24(20(15)8-14)29(26,27)19-4-2-3-16(21)9-19/h2-6,8-9,11-12H,7,10H2,1H3. The highest BCUT2D eigenvalue weighted by Gasteiger charge is 2.21. The van der Waals surface area contributed by atoms with Crippen molar-refractivity contribution in [3.63, 3.8) is 0 Å². The number of rotatable bonds is 6. The van der Waals surface area contributed by atoms with Gasteiger partial charge in [0.2, 0.25) is 0 Å². The van der Waals surface area contributed by atoms with Crippen LogP contribution < -0.4 is 0 Å².